The fourth-order valence-electron chi connectivity index (χ4n) is 0.923. The summed E-state index contributed by atoms with van der Waals surface area (Å²) in [6.07, 6.45) is 1.09. The summed E-state index contributed by atoms with van der Waals surface area (Å²) in [6, 6.07) is 0. The zero-order valence-corrected chi connectivity index (χ0v) is 11.0. The molecule has 1 fully saturated rings. The van der Waals surface area contributed by atoms with Crippen molar-refractivity contribution in [2.24, 2.45) is 0 Å². The van der Waals surface area contributed by atoms with Gasteiger partial charge in [-0.25, -0.2) is 0 Å². The van der Waals surface area contributed by atoms with Crippen LogP contribution in [0.15, 0.2) is 0 Å². The molecule has 0 bridgehead atoms. The van der Waals surface area contributed by atoms with E-state index in [0.29, 0.717) is 0 Å². The van der Waals surface area contributed by atoms with Gasteiger partial charge in [0.05, 0.1) is 6.61 Å². The molecule has 0 aliphatic carbocycles. The molecule has 0 radical (unpaired) electrons. The Labute approximate surface area is 103 Å². The van der Waals surface area contributed by atoms with Crippen molar-refractivity contribution in [3.8, 4) is 0 Å². The Morgan fingerprint density at radius 2 is 1.93 bits per heavy atom. The summed E-state index contributed by atoms with van der Waals surface area (Å²) in [5, 5.41) is 27.7. The minimum Gasteiger partial charge on any atom is -0.391 e. The molecule has 0 aromatic heterocycles. The first-order chi connectivity index (χ1) is 7.14. The predicted octanol–water partition coefficient (Wildman–Crippen LogP) is 0.632. The van der Waals surface area contributed by atoms with Crippen LogP contribution in [0.3, 0.4) is 0 Å². The molecule has 6 heteroatoms. The monoisotopic (exact) mass is 270 g/mol. The number of rotatable bonds is 9. The predicted molar refractivity (Wildman–Crippen MR) is 69.8 cm³/mol. The van der Waals surface area contributed by atoms with Gasteiger partial charge < -0.3 is 15.3 Å². The van der Waals surface area contributed by atoms with E-state index in [1.54, 1.807) is 0 Å². The Bertz CT molecular complexity index is 174. The van der Waals surface area contributed by atoms with E-state index in [1.165, 1.54) is 23.3 Å². The lowest BCUT2D eigenvalue weighted by atomic mass is 10.4. The number of hydrogen-bond acceptors (Lipinski definition) is 6. The van der Waals surface area contributed by atoms with Crippen molar-refractivity contribution in [3.63, 3.8) is 0 Å². The molecule has 1 aliphatic rings. The highest BCUT2D eigenvalue weighted by molar-refractivity contribution is 8.08. The van der Waals surface area contributed by atoms with Crippen LogP contribution in [0.1, 0.15) is 6.42 Å². The lowest BCUT2D eigenvalue weighted by Gasteiger charge is -2.17. The molecule has 1 unspecified atom stereocenters. The van der Waals surface area contributed by atoms with Crippen molar-refractivity contribution >= 4 is 35.3 Å². The molecule has 1 rings (SSSR count). The van der Waals surface area contributed by atoms with E-state index in [4.69, 9.17) is 15.3 Å². The number of hydrogen-bond donors (Lipinski definition) is 3. The van der Waals surface area contributed by atoms with Gasteiger partial charge in [-0.3, -0.25) is 0 Å². The van der Waals surface area contributed by atoms with Gasteiger partial charge in [0.1, 0.15) is 0 Å². The third-order valence-electron chi connectivity index (χ3n) is 1.87. The first-order valence-electron chi connectivity index (χ1n) is 4.97. The van der Waals surface area contributed by atoms with Gasteiger partial charge in [0, 0.05) is 22.5 Å². The highest BCUT2D eigenvalue weighted by Gasteiger charge is 2.22. The molecule has 1 saturated heterocycles. The molecule has 1 aliphatic heterocycles. The Kier molecular flexibility index (Phi) is 6.80. The maximum Gasteiger partial charge on any atom is 0.195 e. The Morgan fingerprint density at radius 3 is 2.53 bits per heavy atom. The van der Waals surface area contributed by atoms with E-state index in [0.717, 1.165) is 23.2 Å². The number of aliphatic hydroxyl groups is 3. The molecule has 1 heterocycles. The van der Waals surface area contributed by atoms with E-state index in [2.05, 4.69) is 0 Å². The van der Waals surface area contributed by atoms with Crippen LogP contribution < -0.4 is 0 Å². The van der Waals surface area contributed by atoms with Crippen LogP contribution in [-0.4, -0.2) is 61.7 Å². The number of thioether (sulfide) groups is 3. The van der Waals surface area contributed by atoms with Gasteiger partial charge in [0.2, 0.25) is 0 Å². The highest BCUT2D eigenvalue weighted by atomic mass is 32.2. The highest BCUT2D eigenvalue weighted by Crippen LogP contribution is 2.33. The molecule has 0 spiro atoms. The van der Waals surface area contributed by atoms with Crippen molar-refractivity contribution in [2.75, 3.05) is 35.4 Å². The molecular weight excluding hydrogens is 252 g/mol. The molecular formula is C9H18O3S3. The van der Waals surface area contributed by atoms with Gasteiger partial charge in [0.25, 0.3) is 0 Å². The largest absolute Gasteiger partial charge is 0.391 e. The van der Waals surface area contributed by atoms with Crippen LogP contribution in [0, 0.1) is 0 Å². The van der Waals surface area contributed by atoms with Crippen molar-refractivity contribution in [2.45, 2.75) is 17.5 Å². The van der Waals surface area contributed by atoms with Crippen LogP contribution in [0.2, 0.25) is 0 Å². The topological polar surface area (TPSA) is 60.7 Å². The van der Waals surface area contributed by atoms with Gasteiger partial charge in [-0.1, -0.05) is 0 Å². The fourth-order valence-corrected chi connectivity index (χ4v) is 3.99. The van der Waals surface area contributed by atoms with Crippen molar-refractivity contribution < 1.29 is 15.3 Å². The van der Waals surface area contributed by atoms with Gasteiger partial charge in [0.15, 0.2) is 5.79 Å². The minimum absolute atomic E-state index is 0.187. The van der Waals surface area contributed by atoms with E-state index < -0.39 is 12.4 Å². The van der Waals surface area contributed by atoms with Crippen LogP contribution in [0.5, 0.6) is 0 Å². The second-order valence-corrected chi connectivity index (χ2v) is 7.17. The van der Waals surface area contributed by atoms with Crippen LogP contribution in [-0.2, 0) is 0 Å². The molecule has 0 saturated carbocycles. The summed E-state index contributed by atoms with van der Waals surface area (Å²) in [7, 11) is 0. The summed E-state index contributed by atoms with van der Waals surface area (Å²) in [4.78, 5) is 0. The normalized spacial score (nSPS) is 20.6. The molecule has 0 aromatic carbocycles. The average Bonchev–Trinajstić information content (AvgIpc) is 3.00. The van der Waals surface area contributed by atoms with Crippen LogP contribution in [0.4, 0.5) is 0 Å². The van der Waals surface area contributed by atoms with E-state index in [9.17, 15) is 0 Å². The van der Waals surface area contributed by atoms with Crippen molar-refractivity contribution in [1.82, 2.24) is 0 Å². The zero-order valence-electron chi connectivity index (χ0n) is 8.59. The lowest BCUT2D eigenvalue weighted by Crippen LogP contribution is -2.35. The summed E-state index contributed by atoms with van der Waals surface area (Å²) in [5.41, 5.74) is 0. The summed E-state index contributed by atoms with van der Waals surface area (Å²) in [6.45, 7) is -0.590. The van der Waals surface area contributed by atoms with E-state index >= 15 is 0 Å². The second kappa shape index (κ2) is 7.29. The SMILES string of the molecule is OCC(O)(O)CSCCCSCC1CS1. The van der Waals surface area contributed by atoms with Crippen molar-refractivity contribution in [1.29, 1.82) is 0 Å². The maximum atomic E-state index is 9.08. The Balaban J connectivity index is 1.79. The van der Waals surface area contributed by atoms with Gasteiger partial charge in [-0.05, 0) is 17.9 Å². The molecule has 0 amide bonds. The van der Waals surface area contributed by atoms with Crippen molar-refractivity contribution in [3.05, 3.63) is 0 Å². The first kappa shape index (κ1) is 14.0. The summed E-state index contributed by atoms with van der Waals surface area (Å²) >= 11 is 5.48. The Hall–Kier alpha value is 0.930. The summed E-state index contributed by atoms with van der Waals surface area (Å²) < 4.78 is 0. The molecule has 3 N–H and O–H groups in total. The molecule has 0 aromatic rings. The molecule has 90 valence electrons. The average molecular weight is 270 g/mol. The smallest absolute Gasteiger partial charge is 0.195 e. The van der Waals surface area contributed by atoms with Gasteiger partial charge >= 0.3 is 0 Å². The molecule has 3 nitrogen and oxygen atoms in total. The Morgan fingerprint density at radius 1 is 1.27 bits per heavy atom. The third kappa shape index (κ3) is 7.76. The van der Waals surface area contributed by atoms with E-state index in [1.807, 2.05) is 23.5 Å². The van der Waals surface area contributed by atoms with Crippen LogP contribution >= 0.6 is 35.3 Å². The minimum atomic E-state index is -1.90. The van der Waals surface area contributed by atoms with E-state index in [-0.39, 0.29) is 5.75 Å². The molecule has 1 atom stereocenters. The standard InChI is InChI=1S/C9H18O3S3/c10-6-9(11,12)7-14-3-1-2-13-4-8-5-15-8/h8,10-12H,1-7H2. The summed E-state index contributed by atoms with van der Waals surface area (Å²) in [5.74, 6) is 2.95. The quantitative estimate of drug-likeness (QED) is 0.325. The third-order valence-corrected chi connectivity index (χ3v) is 5.51. The molecule has 15 heavy (non-hydrogen) atoms. The fraction of sp³-hybridized carbons (Fsp3) is 1.00. The second-order valence-electron chi connectivity index (χ2n) is 3.58. The number of aliphatic hydroxyl groups excluding tert-OH is 1. The van der Waals surface area contributed by atoms with Crippen LogP contribution in [0.25, 0.3) is 0 Å². The maximum absolute atomic E-state index is 9.08. The van der Waals surface area contributed by atoms with Gasteiger partial charge in [-0.2, -0.15) is 35.3 Å². The lowest BCUT2D eigenvalue weighted by molar-refractivity contribution is -0.167. The van der Waals surface area contributed by atoms with Gasteiger partial charge in [-0.15, -0.1) is 0 Å². The zero-order chi connectivity index (χ0) is 11.1. The first-order valence-corrected chi connectivity index (χ1v) is 8.32.